The van der Waals surface area contributed by atoms with Gasteiger partial charge >= 0.3 is 0 Å². The molecule has 0 bridgehead atoms. The van der Waals surface area contributed by atoms with Gasteiger partial charge in [0.05, 0.1) is 25.9 Å². The summed E-state index contributed by atoms with van der Waals surface area (Å²) in [4.78, 5) is 0. The van der Waals surface area contributed by atoms with Gasteiger partial charge in [-0.15, -0.1) is 0 Å². The molecule has 1 heterocycles. The molecule has 0 atom stereocenters. The van der Waals surface area contributed by atoms with E-state index >= 15 is 0 Å². The van der Waals surface area contributed by atoms with Crippen LogP contribution in [0, 0.1) is 0 Å². The van der Waals surface area contributed by atoms with Crippen LogP contribution in [0.1, 0.15) is 31.2 Å². The van der Waals surface area contributed by atoms with Crippen molar-refractivity contribution in [2.45, 2.75) is 44.2 Å². The van der Waals surface area contributed by atoms with Gasteiger partial charge < -0.3 is 14.2 Å². The molecule has 1 spiro atoms. The Kier molecular flexibility index (Phi) is 4.08. The van der Waals surface area contributed by atoms with Crippen LogP contribution in [0.25, 0.3) is 0 Å². The second-order valence-electron chi connectivity index (χ2n) is 5.24. The van der Waals surface area contributed by atoms with Crippen molar-refractivity contribution in [3.05, 3.63) is 34.9 Å². The maximum absolute atomic E-state index is 5.96. The molecule has 0 N–H and O–H groups in total. The molecule has 3 rings (SSSR count). The zero-order valence-electron chi connectivity index (χ0n) is 10.9. The van der Waals surface area contributed by atoms with Crippen molar-refractivity contribution in [3.8, 4) is 0 Å². The topological polar surface area (TPSA) is 27.7 Å². The Morgan fingerprint density at radius 3 is 2.37 bits per heavy atom. The summed E-state index contributed by atoms with van der Waals surface area (Å²) in [5, 5.41) is 0.763. The van der Waals surface area contributed by atoms with Crippen LogP contribution < -0.4 is 0 Å². The van der Waals surface area contributed by atoms with Crippen molar-refractivity contribution < 1.29 is 14.2 Å². The van der Waals surface area contributed by atoms with Gasteiger partial charge in [0.2, 0.25) is 0 Å². The van der Waals surface area contributed by atoms with Crippen LogP contribution >= 0.6 is 11.6 Å². The van der Waals surface area contributed by atoms with Gasteiger partial charge in [-0.1, -0.05) is 23.7 Å². The number of ether oxygens (including phenoxy) is 3. The lowest BCUT2D eigenvalue weighted by atomic mass is 9.92. The summed E-state index contributed by atoms with van der Waals surface area (Å²) in [5.74, 6) is -0.292. The first-order valence-electron chi connectivity index (χ1n) is 6.90. The highest BCUT2D eigenvalue weighted by molar-refractivity contribution is 6.30. The summed E-state index contributed by atoms with van der Waals surface area (Å²) in [7, 11) is 0. The van der Waals surface area contributed by atoms with E-state index < -0.39 is 0 Å². The van der Waals surface area contributed by atoms with Crippen LogP contribution in [0.3, 0.4) is 0 Å². The van der Waals surface area contributed by atoms with Gasteiger partial charge in [0.15, 0.2) is 5.79 Å². The molecule has 1 aromatic rings. The summed E-state index contributed by atoms with van der Waals surface area (Å²) in [6, 6.07) is 7.82. The third kappa shape index (κ3) is 3.29. The molecule has 0 aromatic heterocycles. The van der Waals surface area contributed by atoms with Crippen molar-refractivity contribution in [2.75, 3.05) is 13.2 Å². The lowest BCUT2D eigenvalue weighted by Crippen LogP contribution is -2.37. The molecule has 19 heavy (non-hydrogen) atoms. The summed E-state index contributed by atoms with van der Waals surface area (Å²) < 4.78 is 17.4. The normalized spacial score (nSPS) is 23.0. The molecule has 104 valence electrons. The maximum Gasteiger partial charge on any atom is 0.168 e. The van der Waals surface area contributed by atoms with Crippen molar-refractivity contribution in [1.29, 1.82) is 0 Å². The first-order valence-corrected chi connectivity index (χ1v) is 7.28. The van der Waals surface area contributed by atoms with Crippen molar-refractivity contribution in [3.63, 3.8) is 0 Å². The van der Waals surface area contributed by atoms with E-state index in [1.165, 1.54) is 0 Å². The Morgan fingerprint density at radius 2 is 1.74 bits per heavy atom. The van der Waals surface area contributed by atoms with Crippen LogP contribution in [-0.2, 0) is 20.8 Å². The van der Waals surface area contributed by atoms with E-state index in [0.717, 1.165) is 49.5 Å². The van der Waals surface area contributed by atoms with E-state index in [2.05, 4.69) is 0 Å². The fourth-order valence-corrected chi connectivity index (χ4v) is 2.90. The highest BCUT2D eigenvalue weighted by Crippen LogP contribution is 2.36. The average Bonchev–Trinajstić information content (AvgIpc) is 2.89. The van der Waals surface area contributed by atoms with Gasteiger partial charge in [0.25, 0.3) is 0 Å². The van der Waals surface area contributed by atoms with Crippen LogP contribution in [0.15, 0.2) is 24.3 Å². The van der Waals surface area contributed by atoms with E-state index in [1.54, 1.807) is 0 Å². The fourth-order valence-electron chi connectivity index (χ4n) is 2.78. The van der Waals surface area contributed by atoms with Crippen LogP contribution in [0.2, 0.25) is 5.02 Å². The standard InChI is InChI=1S/C15H19ClO3/c16-13-3-1-12(2-4-13)11-17-14-5-7-15(8-6-14)18-9-10-19-15/h1-4,14H,5-11H2. The quantitative estimate of drug-likeness (QED) is 0.849. The van der Waals surface area contributed by atoms with Crippen molar-refractivity contribution in [1.82, 2.24) is 0 Å². The lowest BCUT2D eigenvalue weighted by Gasteiger charge is -2.35. The molecule has 1 aliphatic carbocycles. The van der Waals surface area contributed by atoms with Gasteiger partial charge in [0.1, 0.15) is 0 Å². The van der Waals surface area contributed by atoms with E-state index in [9.17, 15) is 0 Å². The molecule has 1 aliphatic heterocycles. The predicted octanol–water partition coefficient (Wildman–Crippen LogP) is 3.54. The lowest BCUT2D eigenvalue weighted by molar-refractivity contribution is -0.192. The van der Waals surface area contributed by atoms with Gasteiger partial charge in [-0.3, -0.25) is 0 Å². The Labute approximate surface area is 118 Å². The second kappa shape index (κ2) is 5.80. The molecule has 0 radical (unpaired) electrons. The zero-order chi connectivity index (χ0) is 13.1. The monoisotopic (exact) mass is 282 g/mol. The smallest absolute Gasteiger partial charge is 0.168 e. The molecule has 1 aromatic carbocycles. The zero-order valence-corrected chi connectivity index (χ0v) is 11.7. The third-order valence-corrected chi connectivity index (χ3v) is 4.16. The molecular formula is C15H19ClO3. The second-order valence-corrected chi connectivity index (χ2v) is 5.68. The van der Waals surface area contributed by atoms with E-state index in [1.807, 2.05) is 24.3 Å². The summed E-state index contributed by atoms with van der Waals surface area (Å²) in [6.45, 7) is 2.11. The molecule has 4 heteroatoms. The molecule has 3 nitrogen and oxygen atoms in total. The minimum atomic E-state index is -0.292. The SMILES string of the molecule is Clc1ccc(COC2CCC3(CC2)OCCO3)cc1. The van der Waals surface area contributed by atoms with Gasteiger partial charge in [-0.2, -0.15) is 0 Å². The number of halogens is 1. The van der Waals surface area contributed by atoms with Gasteiger partial charge in [0, 0.05) is 17.9 Å². The highest BCUT2D eigenvalue weighted by Gasteiger charge is 2.40. The Hall–Kier alpha value is -0.610. The molecule has 2 fully saturated rings. The largest absolute Gasteiger partial charge is 0.374 e. The maximum atomic E-state index is 5.96. The Balaban J connectivity index is 1.46. The molecule has 0 amide bonds. The van der Waals surface area contributed by atoms with Crippen molar-refractivity contribution >= 4 is 11.6 Å². The number of benzene rings is 1. The van der Waals surface area contributed by atoms with Crippen molar-refractivity contribution in [2.24, 2.45) is 0 Å². The summed E-state index contributed by atoms with van der Waals surface area (Å²) >= 11 is 5.86. The van der Waals surface area contributed by atoms with Gasteiger partial charge in [-0.25, -0.2) is 0 Å². The number of hydrogen-bond acceptors (Lipinski definition) is 3. The first kappa shape index (κ1) is 13.4. The predicted molar refractivity (Wildman–Crippen MR) is 73.1 cm³/mol. The number of rotatable bonds is 3. The Bertz CT molecular complexity index is 402. The minimum absolute atomic E-state index is 0.292. The summed E-state index contributed by atoms with van der Waals surface area (Å²) in [5.41, 5.74) is 1.16. The van der Waals surface area contributed by atoms with E-state index in [0.29, 0.717) is 12.7 Å². The van der Waals surface area contributed by atoms with E-state index in [4.69, 9.17) is 25.8 Å². The highest BCUT2D eigenvalue weighted by atomic mass is 35.5. The molecule has 2 aliphatic rings. The summed E-state index contributed by atoms with van der Waals surface area (Å²) in [6.07, 6.45) is 4.21. The van der Waals surface area contributed by atoms with Gasteiger partial charge in [-0.05, 0) is 30.5 Å². The molecule has 1 saturated carbocycles. The number of hydrogen-bond donors (Lipinski definition) is 0. The minimum Gasteiger partial charge on any atom is -0.374 e. The molecule has 0 unspecified atom stereocenters. The van der Waals surface area contributed by atoms with Crippen LogP contribution in [0.4, 0.5) is 0 Å². The fraction of sp³-hybridized carbons (Fsp3) is 0.600. The third-order valence-electron chi connectivity index (χ3n) is 3.91. The Morgan fingerprint density at radius 1 is 1.11 bits per heavy atom. The average molecular weight is 283 g/mol. The van der Waals surface area contributed by atoms with Crippen LogP contribution in [0.5, 0.6) is 0 Å². The van der Waals surface area contributed by atoms with Crippen LogP contribution in [-0.4, -0.2) is 25.1 Å². The van der Waals surface area contributed by atoms with E-state index in [-0.39, 0.29) is 5.79 Å². The molecule has 1 saturated heterocycles. The first-order chi connectivity index (χ1) is 9.26. The molecular weight excluding hydrogens is 264 g/mol.